The van der Waals surface area contributed by atoms with Crippen LogP contribution in [0.2, 0.25) is 0 Å². The van der Waals surface area contributed by atoms with Crippen molar-refractivity contribution < 1.29 is 9.40 Å². The Hall–Kier alpha value is -2.29. The second kappa shape index (κ2) is 4.67. The first-order chi connectivity index (χ1) is 9.92. The fourth-order valence-corrected chi connectivity index (χ4v) is 3.08. The van der Waals surface area contributed by atoms with Crippen LogP contribution in [0.4, 0.5) is 5.69 Å². The van der Waals surface area contributed by atoms with E-state index in [9.17, 15) is 0 Å². The second-order valence-corrected chi connectivity index (χ2v) is 5.29. The average molecular weight is 265 g/mol. The topological polar surface area (TPSA) is 39.3 Å². The van der Waals surface area contributed by atoms with E-state index in [1.165, 1.54) is 34.3 Å². The molecule has 0 fully saturated rings. The van der Waals surface area contributed by atoms with E-state index < -0.39 is 0 Å². The van der Waals surface area contributed by atoms with Gasteiger partial charge in [-0.2, -0.15) is 0 Å². The Morgan fingerprint density at radius 3 is 2.95 bits per heavy atom. The third kappa shape index (κ3) is 1.86. The lowest BCUT2D eigenvalue weighted by molar-refractivity contribution is -0.356. The van der Waals surface area contributed by atoms with Gasteiger partial charge in [-0.3, -0.25) is 0 Å². The van der Waals surface area contributed by atoms with Crippen LogP contribution in [0.25, 0.3) is 10.9 Å². The Bertz CT molecular complexity index is 747. The van der Waals surface area contributed by atoms with Gasteiger partial charge < -0.3 is 9.73 Å². The number of furan rings is 1. The van der Waals surface area contributed by atoms with Crippen molar-refractivity contribution >= 4 is 16.6 Å². The van der Waals surface area contributed by atoms with Crippen LogP contribution in [0.15, 0.2) is 47.1 Å². The minimum absolute atomic E-state index is 0.730. The molecule has 0 atom stereocenters. The van der Waals surface area contributed by atoms with E-state index >= 15 is 0 Å². The maximum Gasteiger partial charge on any atom is 0.213 e. The first kappa shape index (κ1) is 11.5. The number of hydrogen-bond acceptors (Lipinski definition) is 2. The van der Waals surface area contributed by atoms with E-state index in [4.69, 9.17) is 4.42 Å². The van der Waals surface area contributed by atoms with Gasteiger partial charge in [-0.05, 0) is 31.0 Å². The summed E-state index contributed by atoms with van der Waals surface area (Å²) in [5.74, 6) is 0.966. The smallest absolute Gasteiger partial charge is 0.213 e. The lowest BCUT2D eigenvalue weighted by Crippen LogP contribution is -2.14. The summed E-state index contributed by atoms with van der Waals surface area (Å²) in [7, 11) is 0. The Balaban J connectivity index is 1.80. The number of para-hydroxylation sites is 1. The Morgan fingerprint density at radius 1 is 1.10 bits per heavy atom. The third-order valence-electron chi connectivity index (χ3n) is 4.02. The minimum atomic E-state index is 0.730. The Labute approximate surface area is 117 Å². The van der Waals surface area contributed by atoms with E-state index in [-0.39, 0.29) is 0 Å². The zero-order valence-electron chi connectivity index (χ0n) is 11.3. The number of aromatic amines is 1. The van der Waals surface area contributed by atoms with E-state index in [2.05, 4.69) is 34.6 Å². The van der Waals surface area contributed by atoms with Crippen molar-refractivity contribution in [3.63, 3.8) is 0 Å². The lowest BCUT2D eigenvalue weighted by Gasteiger charge is -2.10. The van der Waals surface area contributed by atoms with Gasteiger partial charge in [0.1, 0.15) is 5.76 Å². The maximum atomic E-state index is 5.42. The van der Waals surface area contributed by atoms with Crippen molar-refractivity contribution in [3.05, 3.63) is 59.7 Å². The number of fused-ring (bicyclic) bond motifs is 2. The molecule has 0 unspecified atom stereocenters. The summed E-state index contributed by atoms with van der Waals surface area (Å²) in [5.41, 5.74) is 5.29. The molecular formula is C17H17N2O+. The highest BCUT2D eigenvalue weighted by Crippen LogP contribution is 2.32. The highest BCUT2D eigenvalue weighted by atomic mass is 16.3. The van der Waals surface area contributed by atoms with Gasteiger partial charge >= 0.3 is 0 Å². The molecule has 1 aromatic carbocycles. The zero-order chi connectivity index (χ0) is 13.4. The highest BCUT2D eigenvalue weighted by Gasteiger charge is 2.24. The molecule has 1 aliphatic rings. The van der Waals surface area contributed by atoms with Crippen molar-refractivity contribution in [2.75, 3.05) is 5.32 Å². The number of rotatable bonds is 3. The molecule has 2 aromatic heterocycles. The molecule has 0 aliphatic heterocycles. The number of nitrogens with one attached hydrogen (secondary N) is 2. The van der Waals surface area contributed by atoms with Crippen LogP contribution in [0, 0.1) is 0 Å². The normalized spacial score (nSPS) is 13.6. The van der Waals surface area contributed by atoms with Gasteiger partial charge in [-0.1, -0.05) is 12.1 Å². The van der Waals surface area contributed by atoms with Gasteiger partial charge in [0.05, 0.1) is 23.9 Å². The molecule has 2 N–H and O–H groups in total. The number of pyridine rings is 1. The largest absolute Gasteiger partial charge is 0.467 e. The molecule has 0 radical (unpaired) electrons. The summed E-state index contributed by atoms with van der Waals surface area (Å²) in [5, 5.41) is 4.84. The molecule has 3 nitrogen and oxygen atoms in total. The second-order valence-electron chi connectivity index (χ2n) is 5.29. The van der Waals surface area contributed by atoms with Gasteiger partial charge in [0.2, 0.25) is 5.52 Å². The van der Waals surface area contributed by atoms with E-state index in [1.54, 1.807) is 6.26 Å². The first-order valence-electron chi connectivity index (χ1n) is 7.14. The molecule has 2 heterocycles. The molecule has 1 aliphatic carbocycles. The molecule has 0 saturated heterocycles. The average Bonchev–Trinajstić information content (AvgIpc) is 3.14. The van der Waals surface area contributed by atoms with Crippen molar-refractivity contribution in [1.82, 2.24) is 0 Å². The van der Waals surface area contributed by atoms with Gasteiger partial charge in [-0.25, -0.2) is 4.98 Å². The molecule has 0 saturated carbocycles. The summed E-state index contributed by atoms with van der Waals surface area (Å²) in [6.45, 7) is 0.730. The summed E-state index contributed by atoms with van der Waals surface area (Å²) in [6.07, 6.45) is 5.25. The van der Waals surface area contributed by atoms with Crippen LogP contribution in [0.5, 0.6) is 0 Å². The van der Waals surface area contributed by atoms with Crippen LogP contribution < -0.4 is 10.3 Å². The number of hydrogen-bond donors (Lipinski definition) is 1. The number of benzene rings is 1. The molecular weight excluding hydrogens is 248 g/mol. The maximum absolute atomic E-state index is 5.42. The monoisotopic (exact) mass is 265 g/mol. The zero-order valence-corrected chi connectivity index (χ0v) is 11.3. The highest BCUT2D eigenvalue weighted by molar-refractivity contribution is 5.91. The number of H-pyrrole nitrogens is 1. The van der Waals surface area contributed by atoms with Gasteiger partial charge in [0.25, 0.3) is 0 Å². The van der Waals surface area contributed by atoms with Gasteiger partial charge in [0, 0.05) is 18.1 Å². The standard InChI is InChI=1S/C17H16N2O/c1-2-8-15-13(6-1)17(14-7-3-9-16(14)19-15)18-11-12-5-4-10-20-12/h1-2,4-6,8,10H,3,7,9,11H2,(H,18,19)/p+1. The fraction of sp³-hybridized carbons (Fsp3) is 0.235. The minimum Gasteiger partial charge on any atom is -0.467 e. The lowest BCUT2D eigenvalue weighted by atomic mass is 10.1. The molecule has 4 rings (SSSR count). The fourth-order valence-electron chi connectivity index (χ4n) is 3.08. The predicted octanol–water partition coefficient (Wildman–Crippen LogP) is 3.35. The molecule has 3 heteroatoms. The van der Waals surface area contributed by atoms with Crippen molar-refractivity contribution in [2.24, 2.45) is 0 Å². The van der Waals surface area contributed by atoms with Crippen LogP contribution in [-0.2, 0) is 19.4 Å². The quantitative estimate of drug-likeness (QED) is 0.788. The summed E-state index contributed by atoms with van der Waals surface area (Å²) >= 11 is 0. The summed E-state index contributed by atoms with van der Waals surface area (Å²) in [6, 6.07) is 12.4. The van der Waals surface area contributed by atoms with Crippen molar-refractivity contribution in [1.29, 1.82) is 0 Å². The molecule has 20 heavy (non-hydrogen) atoms. The van der Waals surface area contributed by atoms with E-state index in [0.29, 0.717) is 0 Å². The van der Waals surface area contributed by atoms with Gasteiger partial charge in [0.15, 0.2) is 5.69 Å². The molecule has 3 aromatic rings. The van der Waals surface area contributed by atoms with Crippen LogP contribution in [-0.4, -0.2) is 0 Å². The van der Waals surface area contributed by atoms with E-state index in [0.717, 1.165) is 25.1 Å². The van der Waals surface area contributed by atoms with Crippen LogP contribution >= 0.6 is 0 Å². The Kier molecular flexibility index (Phi) is 2.69. The predicted molar refractivity (Wildman–Crippen MR) is 78.6 cm³/mol. The van der Waals surface area contributed by atoms with Crippen LogP contribution in [0.3, 0.4) is 0 Å². The molecule has 100 valence electrons. The molecule has 0 amide bonds. The SMILES string of the molecule is c1coc(CNc2c3c([nH+]c4ccccc24)CCC3)c1. The first-order valence-corrected chi connectivity index (χ1v) is 7.14. The summed E-state index contributed by atoms with van der Waals surface area (Å²) < 4.78 is 5.42. The third-order valence-corrected chi connectivity index (χ3v) is 4.02. The molecule has 0 bridgehead atoms. The Morgan fingerprint density at radius 2 is 2.05 bits per heavy atom. The van der Waals surface area contributed by atoms with Crippen LogP contribution in [0.1, 0.15) is 23.4 Å². The van der Waals surface area contributed by atoms with E-state index in [1.807, 2.05) is 12.1 Å². The number of aryl methyl sites for hydroxylation is 1. The number of aromatic nitrogens is 1. The van der Waals surface area contributed by atoms with Crippen molar-refractivity contribution in [2.45, 2.75) is 25.8 Å². The van der Waals surface area contributed by atoms with Crippen molar-refractivity contribution in [3.8, 4) is 0 Å². The molecule has 0 spiro atoms. The number of anilines is 1. The summed E-state index contributed by atoms with van der Waals surface area (Å²) in [4.78, 5) is 3.58. The van der Waals surface area contributed by atoms with Gasteiger partial charge in [-0.15, -0.1) is 0 Å².